The topological polar surface area (TPSA) is 85.1 Å². The Morgan fingerprint density at radius 2 is 1.91 bits per heavy atom. The highest BCUT2D eigenvalue weighted by Gasteiger charge is 2.22. The van der Waals surface area contributed by atoms with Crippen molar-refractivity contribution in [2.45, 2.75) is 23.8 Å². The second-order valence-electron chi connectivity index (χ2n) is 5.72. The van der Waals surface area contributed by atoms with Gasteiger partial charge in [0.25, 0.3) is 0 Å². The molecule has 0 spiro atoms. The molecule has 1 saturated heterocycles. The first-order valence-corrected chi connectivity index (χ1v) is 8.77. The van der Waals surface area contributed by atoms with Crippen molar-refractivity contribution >= 4 is 33.5 Å². The third kappa shape index (κ3) is 3.30. The van der Waals surface area contributed by atoms with Crippen LogP contribution in [0, 0.1) is 0 Å². The number of halogens is 1. The fourth-order valence-corrected chi connectivity index (χ4v) is 4.18. The van der Waals surface area contributed by atoms with Gasteiger partial charge in [-0.15, -0.1) is 12.4 Å². The molecule has 0 amide bonds. The zero-order valence-electron chi connectivity index (χ0n) is 13.1. The van der Waals surface area contributed by atoms with Crippen LogP contribution in [0.15, 0.2) is 27.9 Å². The predicted molar refractivity (Wildman–Crippen MR) is 91.6 cm³/mol. The standard InChI is InChI=1S/C14H20N4O3S.ClH/c1-17-12-6-5-11(8-13(12)18(2)14(17)19)22(20,21)16-10-4-3-7-15-9-10;/h5-6,8,10,15-16H,3-4,7,9H2,1-2H3;1H. The van der Waals surface area contributed by atoms with Gasteiger partial charge in [0.15, 0.2) is 0 Å². The Morgan fingerprint density at radius 3 is 2.57 bits per heavy atom. The highest BCUT2D eigenvalue weighted by Crippen LogP contribution is 2.18. The third-order valence-electron chi connectivity index (χ3n) is 4.17. The summed E-state index contributed by atoms with van der Waals surface area (Å²) in [5, 5.41) is 3.18. The lowest BCUT2D eigenvalue weighted by molar-refractivity contribution is 0.428. The maximum Gasteiger partial charge on any atom is 0.328 e. The lowest BCUT2D eigenvalue weighted by atomic mass is 10.1. The van der Waals surface area contributed by atoms with E-state index in [9.17, 15) is 13.2 Å². The summed E-state index contributed by atoms with van der Waals surface area (Å²) in [6.07, 6.45) is 1.79. The molecule has 1 atom stereocenters. The van der Waals surface area contributed by atoms with Crippen molar-refractivity contribution in [2.24, 2.45) is 14.1 Å². The number of benzene rings is 1. The van der Waals surface area contributed by atoms with Crippen molar-refractivity contribution in [1.82, 2.24) is 19.2 Å². The van der Waals surface area contributed by atoms with Crippen molar-refractivity contribution in [3.63, 3.8) is 0 Å². The van der Waals surface area contributed by atoms with Crippen LogP contribution in [0.5, 0.6) is 0 Å². The van der Waals surface area contributed by atoms with Crippen molar-refractivity contribution in [3.05, 3.63) is 28.7 Å². The largest absolute Gasteiger partial charge is 0.328 e. The number of aryl methyl sites for hydroxylation is 2. The van der Waals surface area contributed by atoms with Crippen molar-refractivity contribution in [2.75, 3.05) is 13.1 Å². The molecule has 2 aromatic rings. The summed E-state index contributed by atoms with van der Waals surface area (Å²) in [5.41, 5.74) is 1.15. The summed E-state index contributed by atoms with van der Waals surface area (Å²) in [4.78, 5) is 12.1. The fourth-order valence-electron chi connectivity index (χ4n) is 2.89. The molecule has 9 heteroatoms. The molecule has 128 valence electrons. The van der Waals surface area contributed by atoms with Gasteiger partial charge < -0.3 is 5.32 Å². The zero-order valence-corrected chi connectivity index (χ0v) is 14.7. The highest BCUT2D eigenvalue weighted by atomic mass is 35.5. The first-order chi connectivity index (χ1) is 10.4. The number of hydrogen-bond donors (Lipinski definition) is 2. The number of fused-ring (bicyclic) bond motifs is 1. The number of sulfonamides is 1. The summed E-state index contributed by atoms with van der Waals surface area (Å²) >= 11 is 0. The van der Waals surface area contributed by atoms with E-state index in [4.69, 9.17) is 0 Å². The maximum absolute atomic E-state index is 12.5. The molecule has 23 heavy (non-hydrogen) atoms. The summed E-state index contributed by atoms with van der Waals surface area (Å²) in [7, 11) is -0.276. The molecule has 2 N–H and O–H groups in total. The maximum atomic E-state index is 12.5. The van der Waals surface area contributed by atoms with E-state index in [-0.39, 0.29) is 29.0 Å². The number of aromatic nitrogens is 2. The minimum atomic E-state index is -3.59. The van der Waals surface area contributed by atoms with Gasteiger partial charge in [0.05, 0.1) is 15.9 Å². The quantitative estimate of drug-likeness (QED) is 0.826. The molecule has 1 aromatic carbocycles. The molecule has 7 nitrogen and oxygen atoms in total. The second-order valence-corrected chi connectivity index (χ2v) is 7.43. The Balaban J connectivity index is 0.00000192. The normalized spacial score (nSPS) is 18.8. The van der Waals surface area contributed by atoms with Crippen LogP contribution in [0.2, 0.25) is 0 Å². The van der Waals surface area contributed by atoms with E-state index in [1.54, 1.807) is 32.3 Å². The lowest BCUT2D eigenvalue weighted by Gasteiger charge is -2.23. The number of rotatable bonds is 3. The van der Waals surface area contributed by atoms with Crippen molar-refractivity contribution in [1.29, 1.82) is 0 Å². The smallest absolute Gasteiger partial charge is 0.315 e. The molecular weight excluding hydrogens is 340 g/mol. The van der Waals surface area contributed by atoms with Gasteiger partial charge in [-0.05, 0) is 37.6 Å². The third-order valence-corrected chi connectivity index (χ3v) is 5.69. The number of hydrogen-bond acceptors (Lipinski definition) is 4. The van der Waals surface area contributed by atoms with E-state index in [1.807, 2.05) is 0 Å². The van der Waals surface area contributed by atoms with E-state index < -0.39 is 10.0 Å². The minimum absolute atomic E-state index is 0. The summed E-state index contributed by atoms with van der Waals surface area (Å²) in [6, 6.07) is 4.68. The Morgan fingerprint density at radius 1 is 1.22 bits per heavy atom. The number of imidazole rings is 1. The van der Waals surface area contributed by atoms with Crippen LogP contribution < -0.4 is 15.7 Å². The molecule has 2 heterocycles. The van der Waals surface area contributed by atoms with Crippen LogP contribution in [0.4, 0.5) is 0 Å². The molecule has 0 aliphatic carbocycles. The molecule has 0 saturated carbocycles. The van der Waals surface area contributed by atoms with Gasteiger partial charge in [-0.3, -0.25) is 9.13 Å². The Labute approximate surface area is 141 Å². The van der Waals surface area contributed by atoms with Gasteiger partial charge in [0.1, 0.15) is 0 Å². The Kier molecular flexibility index (Phi) is 5.20. The lowest BCUT2D eigenvalue weighted by Crippen LogP contribution is -2.45. The van der Waals surface area contributed by atoms with Gasteiger partial charge in [-0.2, -0.15) is 0 Å². The zero-order chi connectivity index (χ0) is 15.9. The Hall–Kier alpha value is -1.35. The second kappa shape index (κ2) is 6.64. The molecule has 3 rings (SSSR count). The van der Waals surface area contributed by atoms with E-state index >= 15 is 0 Å². The summed E-state index contributed by atoms with van der Waals surface area (Å²) in [5.74, 6) is 0. The predicted octanol–water partition coefficient (Wildman–Crippen LogP) is 0.329. The van der Waals surface area contributed by atoms with Crippen LogP contribution >= 0.6 is 12.4 Å². The monoisotopic (exact) mass is 360 g/mol. The molecular formula is C14H21ClN4O3S. The number of nitrogens with zero attached hydrogens (tertiary/aromatic N) is 2. The molecule has 0 radical (unpaired) electrons. The van der Waals surface area contributed by atoms with Crippen LogP contribution in [0.25, 0.3) is 11.0 Å². The first kappa shape index (κ1) is 18.0. The van der Waals surface area contributed by atoms with E-state index in [2.05, 4.69) is 10.0 Å². The van der Waals surface area contributed by atoms with Gasteiger partial charge in [-0.1, -0.05) is 0 Å². The first-order valence-electron chi connectivity index (χ1n) is 7.28. The van der Waals surface area contributed by atoms with E-state index in [1.165, 1.54) is 9.13 Å². The van der Waals surface area contributed by atoms with Gasteiger partial charge >= 0.3 is 5.69 Å². The van der Waals surface area contributed by atoms with Gasteiger partial charge in [0, 0.05) is 26.7 Å². The van der Waals surface area contributed by atoms with E-state index in [0.29, 0.717) is 17.6 Å². The molecule has 1 fully saturated rings. The molecule has 0 bridgehead atoms. The van der Waals surface area contributed by atoms with Crippen molar-refractivity contribution in [3.8, 4) is 0 Å². The Bertz CT molecular complexity index is 866. The molecule has 1 aliphatic heterocycles. The fraction of sp³-hybridized carbons (Fsp3) is 0.500. The van der Waals surface area contributed by atoms with Crippen molar-refractivity contribution < 1.29 is 8.42 Å². The van der Waals surface area contributed by atoms with Crippen LogP contribution in [0.1, 0.15) is 12.8 Å². The molecule has 1 unspecified atom stereocenters. The average molecular weight is 361 g/mol. The number of piperidine rings is 1. The van der Waals surface area contributed by atoms with Gasteiger partial charge in [-0.25, -0.2) is 17.9 Å². The molecule has 1 aliphatic rings. The average Bonchev–Trinajstić information content (AvgIpc) is 2.72. The highest BCUT2D eigenvalue weighted by molar-refractivity contribution is 7.89. The number of nitrogens with one attached hydrogen (secondary N) is 2. The van der Waals surface area contributed by atoms with Crippen LogP contribution in [-0.4, -0.2) is 36.7 Å². The summed E-state index contributed by atoms with van der Waals surface area (Å²) in [6.45, 7) is 1.57. The summed E-state index contributed by atoms with van der Waals surface area (Å²) < 4.78 is 30.7. The van der Waals surface area contributed by atoms with Crippen LogP contribution in [-0.2, 0) is 24.1 Å². The van der Waals surface area contributed by atoms with E-state index in [0.717, 1.165) is 19.4 Å². The van der Waals surface area contributed by atoms with Crippen LogP contribution in [0.3, 0.4) is 0 Å². The minimum Gasteiger partial charge on any atom is -0.315 e. The SMILES string of the molecule is Cl.Cn1c(=O)n(C)c2cc(S(=O)(=O)NC3CCCNC3)ccc21. The van der Waals surface area contributed by atoms with Gasteiger partial charge in [0.2, 0.25) is 10.0 Å². The molecule has 1 aromatic heterocycles.